The fourth-order valence-corrected chi connectivity index (χ4v) is 1.70. The molecule has 1 heterocycles. The zero-order chi connectivity index (χ0) is 10.6. The van der Waals surface area contributed by atoms with Crippen LogP contribution in [-0.2, 0) is 11.2 Å². The lowest BCUT2D eigenvalue weighted by molar-refractivity contribution is 0.0344. The van der Waals surface area contributed by atoms with Crippen LogP contribution >= 0.6 is 11.3 Å². The lowest BCUT2D eigenvalue weighted by Gasteiger charge is -2.22. The van der Waals surface area contributed by atoms with Crippen LogP contribution < -0.4 is 5.32 Å². The number of hydrogen-bond donors (Lipinski definition) is 1. The third-order valence-electron chi connectivity index (χ3n) is 2.13. The quantitative estimate of drug-likeness (QED) is 0.818. The number of ether oxygens (including phenoxy) is 1. The summed E-state index contributed by atoms with van der Waals surface area (Å²) in [5, 5.41) is 6.34. The van der Waals surface area contributed by atoms with Gasteiger partial charge in [0.1, 0.15) is 0 Å². The number of nitrogens with one attached hydrogen (secondary N) is 1. The van der Waals surface area contributed by atoms with Gasteiger partial charge in [-0.05, 0) is 20.3 Å². The molecule has 80 valence electrons. The predicted molar refractivity (Wildman–Crippen MR) is 61.1 cm³/mol. The van der Waals surface area contributed by atoms with E-state index >= 15 is 0 Å². The van der Waals surface area contributed by atoms with Crippen LogP contribution in [-0.4, -0.2) is 24.2 Å². The molecule has 0 fully saturated rings. The summed E-state index contributed by atoms with van der Waals surface area (Å²) in [7, 11) is 1.72. The molecule has 0 spiro atoms. The van der Waals surface area contributed by atoms with Gasteiger partial charge >= 0.3 is 0 Å². The van der Waals surface area contributed by atoms with Crippen LogP contribution in [0.5, 0.6) is 0 Å². The molecule has 0 saturated heterocycles. The van der Waals surface area contributed by atoms with Crippen LogP contribution in [0.15, 0.2) is 5.38 Å². The molecule has 0 amide bonds. The SMILES string of the molecule is CCc1csc(NCC(C)(C)OC)n1. The molecule has 0 aliphatic heterocycles. The molecule has 1 aromatic rings. The Morgan fingerprint density at radius 1 is 1.57 bits per heavy atom. The Balaban J connectivity index is 2.45. The summed E-state index contributed by atoms with van der Waals surface area (Å²) in [6.45, 7) is 6.99. The molecule has 1 N–H and O–H groups in total. The van der Waals surface area contributed by atoms with Gasteiger partial charge in [-0.25, -0.2) is 4.98 Å². The summed E-state index contributed by atoms with van der Waals surface area (Å²) in [4.78, 5) is 4.42. The van der Waals surface area contributed by atoms with Crippen molar-refractivity contribution in [2.75, 3.05) is 19.0 Å². The third-order valence-corrected chi connectivity index (χ3v) is 2.98. The van der Waals surface area contributed by atoms with Crippen molar-refractivity contribution in [3.05, 3.63) is 11.1 Å². The van der Waals surface area contributed by atoms with Crippen molar-refractivity contribution in [2.24, 2.45) is 0 Å². The molecule has 3 nitrogen and oxygen atoms in total. The second-order valence-corrected chi connectivity index (χ2v) is 4.67. The van der Waals surface area contributed by atoms with Crippen molar-refractivity contribution >= 4 is 16.5 Å². The Morgan fingerprint density at radius 3 is 2.79 bits per heavy atom. The molecule has 0 atom stereocenters. The highest BCUT2D eigenvalue weighted by Gasteiger charge is 2.16. The van der Waals surface area contributed by atoms with Gasteiger partial charge in [-0.3, -0.25) is 0 Å². The number of aryl methyl sites for hydroxylation is 1. The Morgan fingerprint density at radius 2 is 2.29 bits per heavy atom. The van der Waals surface area contributed by atoms with Gasteiger partial charge in [-0.15, -0.1) is 11.3 Å². The Hall–Kier alpha value is -0.610. The van der Waals surface area contributed by atoms with E-state index in [2.05, 4.69) is 22.6 Å². The van der Waals surface area contributed by atoms with E-state index in [1.54, 1.807) is 18.4 Å². The van der Waals surface area contributed by atoms with Crippen molar-refractivity contribution in [3.8, 4) is 0 Å². The predicted octanol–water partition coefficient (Wildman–Crippen LogP) is 2.54. The zero-order valence-corrected chi connectivity index (χ0v) is 10.1. The summed E-state index contributed by atoms with van der Waals surface area (Å²) in [6.07, 6.45) is 0.992. The molecular formula is C10H18N2OS. The average molecular weight is 214 g/mol. The van der Waals surface area contributed by atoms with E-state index in [4.69, 9.17) is 4.74 Å². The molecular weight excluding hydrogens is 196 g/mol. The van der Waals surface area contributed by atoms with Gasteiger partial charge in [0.05, 0.1) is 11.3 Å². The molecule has 4 heteroatoms. The number of anilines is 1. The minimum atomic E-state index is -0.141. The second-order valence-electron chi connectivity index (χ2n) is 3.81. The molecule has 1 rings (SSSR count). The van der Waals surface area contributed by atoms with Gasteiger partial charge in [-0.1, -0.05) is 6.92 Å². The van der Waals surface area contributed by atoms with E-state index < -0.39 is 0 Å². The van der Waals surface area contributed by atoms with Crippen molar-refractivity contribution in [2.45, 2.75) is 32.8 Å². The maximum Gasteiger partial charge on any atom is 0.182 e. The fraction of sp³-hybridized carbons (Fsp3) is 0.700. The van der Waals surface area contributed by atoms with Gasteiger partial charge in [0.2, 0.25) is 0 Å². The number of hydrogen-bond acceptors (Lipinski definition) is 4. The van der Waals surface area contributed by atoms with Crippen LogP contribution in [0.1, 0.15) is 26.5 Å². The van der Waals surface area contributed by atoms with Gasteiger partial charge in [0.25, 0.3) is 0 Å². The molecule has 0 bridgehead atoms. The maximum atomic E-state index is 5.31. The van der Waals surface area contributed by atoms with E-state index in [0.29, 0.717) is 0 Å². The number of thiazole rings is 1. The first kappa shape index (κ1) is 11.5. The van der Waals surface area contributed by atoms with Crippen molar-refractivity contribution in [1.82, 2.24) is 4.98 Å². The van der Waals surface area contributed by atoms with Gasteiger partial charge in [0, 0.05) is 19.0 Å². The third kappa shape index (κ3) is 3.27. The van der Waals surface area contributed by atoms with Crippen molar-refractivity contribution in [1.29, 1.82) is 0 Å². The fourth-order valence-electron chi connectivity index (χ4n) is 0.911. The van der Waals surface area contributed by atoms with E-state index in [-0.39, 0.29) is 5.60 Å². The summed E-state index contributed by atoms with van der Waals surface area (Å²) in [5.74, 6) is 0. The summed E-state index contributed by atoms with van der Waals surface area (Å²) < 4.78 is 5.31. The van der Waals surface area contributed by atoms with E-state index in [9.17, 15) is 0 Å². The number of rotatable bonds is 5. The lowest BCUT2D eigenvalue weighted by atomic mass is 10.1. The van der Waals surface area contributed by atoms with Gasteiger partial charge in [-0.2, -0.15) is 0 Å². The first-order chi connectivity index (χ1) is 6.57. The summed E-state index contributed by atoms with van der Waals surface area (Å²) in [5.41, 5.74) is 1.01. The van der Waals surface area contributed by atoms with E-state index in [1.165, 1.54) is 0 Å². The molecule has 14 heavy (non-hydrogen) atoms. The van der Waals surface area contributed by atoms with Crippen LogP contribution in [0.3, 0.4) is 0 Å². The largest absolute Gasteiger partial charge is 0.377 e. The van der Waals surface area contributed by atoms with Crippen molar-refractivity contribution < 1.29 is 4.74 Å². The molecule has 0 aliphatic carbocycles. The monoisotopic (exact) mass is 214 g/mol. The minimum Gasteiger partial charge on any atom is -0.377 e. The average Bonchev–Trinajstić information content (AvgIpc) is 2.63. The summed E-state index contributed by atoms with van der Waals surface area (Å²) >= 11 is 1.65. The van der Waals surface area contributed by atoms with Gasteiger partial charge < -0.3 is 10.1 Å². The standard InChI is InChI=1S/C10H18N2OS/c1-5-8-6-14-9(12-8)11-7-10(2,3)13-4/h6H,5,7H2,1-4H3,(H,11,12). The number of methoxy groups -OCH3 is 1. The van der Waals surface area contributed by atoms with Crippen molar-refractivity contribution in [3.63, 3.8) is 0 Å². The highest BCUT2D eigenvalue weighted by atomic mass is 32.1. The first-order valence-corrected chi connectivity index (χ1v) is 5.69. The van der Waals surface area contributed by atoms with Crippen LogP contribution in [0.2, 0.25) is 0 Å². The Kier molecular flexibility index (Phi) is 3.89. The minimum absolute atomic E-state index is 0.141. The van der Waals surface area contributed by atoms with Crippen LogP contribution in [0, 0.1) is 0 Å². The normalized spacial score (nSPS) is 11.7. The number of aromatic nitrogens is 1. The topological polar surface area (TPSA) is 34.1 Å². The lowest BCUT2D eigenvalue weighted by Crippen LogP contribution is -2.31. The Bertz CT molecular complexity index is 283. The highest BCUT2D eigenvalue weighted by molar-refractivity contribution is 7.13. The first-order valence-electron chi connectivity index (χ1n) is 4.81. The van der Waals surface area contributed by atoms with Crippen LogP contribution in [0.25, 0.3) is 0 Å². The molecule has 0 aromatic carbocycles. The molecule has 0 unspecified atom stereocenters. The summed E-state index contributed by atoms with van der Waals surface area (Å²) in [6, 6.07) is 0. The molecule has 0 saturated carbocycles. The molecule has 0 radical (unpaired) electrons. The molecule has 1 aromatic heterocycles. The smallest absolute Gasteiger partial charge is 0.182 e. The maximum absolute atomic E-state index is 5.31. The highest BCUT2D eigenvalue weighted by Crippen LogP contribution is 2.17. The van der Waals surface area contributed by atoms with Gasteiger partial charge in [0.15, 0.2) is 5.13 Å². The zero-order valence-electron chi connectivity index (χ0n) is 9.26. The Labute approximate surface area is 89.5 Å². The van der Waals surface area contributed by atoms with Crippen LogP contribution in [0.4, 0.5) is 5.13 Å². The number of nitrogens with zero attached hydrogens (tertiary/aromatic N) is 1. The van der Waals surface area contributed by atoms with E-state index in [0.717, 1.165) is 23.8 Å². The molecule has 0 aliphatic rings. The second kappa shape index (κ2) is 4.75. The van der Waals surface area contributed by atoms with E-state index in [1.807, 2.05) is 13.8 Å².